The van der Waals surface area contributed by atoms with E-state index in [1.54, 1.807) is 12.3 Å². The van der Waals surface area contributed by atoms with E-state index in [0.717, 1.165) is 11.1 Å². The summed E-state index contributed by atoms with van der Waals surface area (Å²) in [5.41, 5.74) is 3.24. The van der Waals surface area contributed by atoms with Crippen molar-refractivity contribution in [3.05, 3.63) is 48.3 Å². The fourth-order valence-corrected chi connectivity index (χ4v) is 1.47. The van der Waals surface area contributed by atoms with Gasteiger partial charge in [0.1, 0.15) is 5.75 Å². The number of hydrogen-bond donors (Lipinski definition) is 1. The van der Waals surface area contributed by atoms with Crippen LogP contribution in [0.15, 0.2) is 42.7 Å². The quantitative estimate of drug-likeness (QED) is 0.741. The first-order valence-electron chi connectivity index (χ1n) is 4.47. The van der Waals surface area contributed by atoms with Crippen molar-refractivity contribution in [1.29, 1.82) is 0 Å². The van der Waals surface area contributed by atoms with Gasteiger partial charge in [-0.05, 0) is 24.1 Å². The second-order valence-corrected chi connectivity index (χ2v) is 3.25. The summed E-state index contributed by atoms with van der Waals surface area (Å²) in [6.07, 6.45) is 3.18. The summed E-state index contributed by atoms with van der Waals surface area (Å²) in [7, 11) is 0. The minimum atomic E-state index is 0.200. The molecule has 0 fully saturated rings. The number of aryl methyl sites for hydroxylation is 1. The molecule has 0 amide bonds. The van der Waals surface area contributed by atoms with Gasteiger partial charge in [-0.2, -0.15) is 0 Å². The van der Waals surface area contributed by atoms with Crippen LogP contribution in [0.1, 0.15) is 5.56 Å². The second-order valence-electron chi connectivity index (χ2n) is 3.25. The maximum Gasteiger partial charge on any atom is 0.134 e. The predicted molar refractivity (Wildman–Crippen MR) is 56.1 cm³/mol. The first-order valence-corrected chi connectivity index (χ1v) is 4.47. The van der Waals surface area contributed by atoms with Gasteiger partial charge in [0.2, 0.25) is 0 Å². The Morgan fingerprint density at radius 3 is 2.64 bits per heavy atom. The van der Waals surface area contributed by atoms with Crippen LogP contribution in [0.3, 0.4) is 0 Å². The zero-order chi connectivity index (χ0) is 9.97. The first-order chi connectivity index (χ1) is 6.77. The van der Waals surface area contributed by atoms with E-state index in [0.29, 0.717) is 0 Å². The molecule has 14 heavy (non-hydrogen) atoms. The Morgan fingerprint density at radius 2 is 1.93 bits per heavy atom. The molecular formula is C12H11NO. The summed E-state index contributed by atoms with van der Waals surface area (Å²) in [5, 5.41) is 9.30. The third-order valence-electron chi connectivity index (χ3n) is 2.18. The van der Waals surface area contributed by atoms with Gasteiger partial charge in [0.25, 0.3) is 0 Å². The van der Waals surface area contributed by atoms with E-state index >= 15 is 0 Å². The number of rotatable bonds is 1. The Bertz CT molecular complexity index is 452. The van der Waals surface area contributed by atoms with Crippen LogP contribution in [0.5, 0.6) is 5.75 Å². The molecule has 0 radical (unpaired) electrons. The molecule has 0 unspecified atom stereocenters. The van der Waals surface area contributed by atoms with Gasteiger partial charge < -0.3 is 5.11 Å². The lowest BCUT2D eigenvalue weighted by Gasteiger charge is -2.04. The molecule has 1 heterocycles. The maximum absolute atomic E-state index is 9.30. The molecular weight excluding hydrogens is 174 g/mol. The molecule has 0 bridgehead atoms. The highest BCUT2D eigenvalue weighted by molar-refractivity contribution is 5.67. The fourth-order valence-electron chi connectivity index (χ4n) is 1.47. The third kappa shape index (κ3) is 1.59. The number of benzene rings is 1. The highest BCUT2D eigenvalue weighted by Gasteiger charge is 2.01. The van der Waals surface area contributed by atoms with Crippen molar-refractivity contribution in [1.82, 2.24) is 4.98 Å². The summed E-state index contributed by atoms with van der Waals surface area (Å²) >= 11 is 0. The average molecular weight is 185 g/mol. The molecule has 70 valence electrons. The molecule has 1 N–H and O–H groups in total. The summed E-state index contributed by atoms with van der Waals surface area (Å²) in [6, 6.07) is 9.75. The molecule has 2 aromatic rings. The molecule has 2 nitrogen and oxygen atoms in total. The smallest absolute Gasteiger partial charge is 0.134 e. The predicted octanol–water partition coefficient (Wildman–Crippen LogP) is 2.76. The SMILES string of the molecule is Cc1ccccc1-c1cncc(O)c1. The molecule has 1 aromatic heterocycles. The van der Waals surface area contributed by atoms with E-state index in [-0.39, 0.29) is 5.75 Å². The highest BCUT2D eigenvalue weighted by Crippen LogP contribution is 2.24. The Morgan fingerprint density at radius 1 is 1.14 bits per heavy atom. The lowest BCUT2D eigenvalue weighted by atomic mass is 10.0. The van der Waals surface area contributed by atoms with Crippen LogP contribution in [0, 0.1) is 6.92 Å². The maximum atomic E-state index is 9.30. The van der Waals surface area contributed by atoms with Gasteiger partial charge in [-0.25, -0.2) is 0 Å². The molecule has 0 atom stereocenters. The van der Waals surface area contributed by atoms with Gasteiger partial charge in [0, 0.05) is 11.8 Å². The Balaban J connectivity index is 2.55. The van der Waals surface area contributed by atoms with Crippen molar-refractivity contribution < 1.29 is 5.11 Å². The van der Waals surface area contributed by atoms with Crippen molar-refractivity contribution in [2.24, 2.45) is 0 Å². The van der Waals surface area contributed by atoms with Crippen LogP contribution in [0.25, 0.3) is 11.1 Å². The van der Waals surface area contributed by atoms with Crippen LogP contribution in [0.4, 0.5) is 0 Å². The average Bonchev–Trinajstić information content (AvgIpc) is 2.18. The number of aromatic hydroxyl groups is 1. The zero-order valence-electron chi connectivity index (χ0n) is 7.94. The van der Waals surface area contributed by atoms with E-state index in [1.165, 1.54) is 11.8 Å². The van der Waals surface area contributed by atoms with E-state index in [2.05, 4.69) is 4.98 Å². The Labute approximate surface area is 82.9 Å². The van der Waals surface area contributed by atoms with E-state index < -0.39 is 0 Å². The van der Waals surface area contributed by atoms with Crippen molar-refractivity contribution in [3.63, 3.8) is 0 Å². The van der Waals surface area contributed by atoms with Gasteiger partial charge in [0.15, 0.2) is 0 Å². The minimum Gasteiger partial charge on any atom is -0.506 e. The van der Waals surface area contributed by atoms with E-state index in [4.69, 9.17) is 0 Å². The number of pyridine rings is 1. The Hall–Kier alpha value is -1.83. The van der Waals surface area contributed by atoms with E-state index in [9.17, 15) is 5.11 Å². The molecule has 1 aromatic carbocycles. The van der Waals surface area contributed by atoms with Crippen LogP contribution in [0.2, 0.25) is 0 Å². The molecule has 0 saturated carbocycles. The molecule has 2 heteroatoms. The van der Waals surface area contributed by atoms with Gasteiger partial charge >= 0.3 is 0 Å². The topological polar surface area (TPSA) is 33.1 Å². The summed E-state index contributed by atoms with van der Waals surface area (Å²) < 4.78 is 0. The van der Waals surface area contributed by atoms with Crippen LogP contribution < -0.4 is 0 Å². The number of nitrogens with zero attached hydrogens (tertiary/aromatic N) is 1. The lowest BCUT2D eigenvalue weighted by Crippen LogP contribution is -1.83. The molecule has 0 aliphatic rings. The van der Waals surface area contributed by atoms with E-state index in [1.807, 2.05) is 31.2 Å². The minimum absolute atomic E-state index is 0.200. The summed E-state index contributed by atoms with van der Waals surface area (Å²) in [5.74, 6) is 0.200. The van der Waals surface area contributed by atoms with Crippen LogP contribution >= 0.6 is 0 Å². The van der Waals surface area contributed by atoms with Crippen molar-refractivity contribution in [3.8, 4) is 16.9 Å². The van der Waals surface area contributed by atoms with Gasteiger partial charge in [0.05, 0.1) is 6.20 Å². The molecule has 0 aliphatic carbocycles. The Kier molecular flexibility index (Phi) is 2.19. The number of aromatic nitrogens is 1. The fraction of sp³-hybridized carbons (Fsp3) is 0.0833. The second kappa shape index (κ2) is 3.50. The van der Waals surface area contributed by atoms with Gasteiger partial charge in [-0.3, -0.25) is 4.98 Å². The van der Waals surface area contributed by atoms with Gasteiger partial charge in [-0.15, -0.1) is 0 Å². The third-order valence-corrected chi connectivity index (χ3v) is 2.18. The first kappa shape index (κ1) is 8.75. The monoisotopic (exact) mass is 185 g/mol. The van der Waals surface area contributed by atoms with Crippen LogP contribution in [-0.4, -0.2) is 10.1 Å². The standard InChI is InChI=1S/C12H11NO/c1-9-4-2-3-5-12(9)10-6-11(14)8-13-7-10/h2-8,14H,1H3. The molecule has 0 saturated heterocycles. The molecule has 0 aliphatic heterocycles. The van der Waals surface area contributed by atoms with Crippen molar-refractivity contribution >= 4 is 0 Å². The summed E-state index contributed by atoms with van der Waals surface area (Å²) in [6.45, 7) is 2.04. The largest absolute Gasteiger partial charge is 0.506 e. The van der Waals surface area contributed by atoms with Crippen LogP contribution in [-0.2, 0) is 0 Å². The highest BCUT2D eigenvalue weighted by atomic mass is 16.3. The molecule has 0 spiro atoms. The zero-order valence-corrected chi connectivity index (χ0v) is 7.94. The van der Waals surface area contributed by atoms with Crippen molar-refractivity contribution in [2.45, 2.75) is 6.92 Å². The number of hydrogen-bond acceptors (Lipinski definition) is 2. The van der Waals surface area contributed by atoms with Gasteiger partial charge in [-0.1, -0.05) is 24.3 Å². The molecule has 2 rings (SSSR count). The summed E-state index contributed by atoms with van der Waals surface area (Å²) in [4.78, 5) is 3.95. The normalized spacial score (nSPS) is 10.1. The lowest BCUT2D eigenvalue weighted by molar-refractivity contribution is 0.473. The van der Waals surface area contributed by atoms with Crippen molar-refractivity contribution in [2.75, 3.05) is 0 Å².